The van der Waals surface area contributed by atoms with Gasteiger partial charge in [0.05, 0.1) is 11.3 Å². The van der Waals surface area contributed by atoms with E-state index < -0.39 is 27.6 Å². The maximum absolute atomic E-state index is 15.0. The standard InChI is InChI=1S/C22H27Cl2FN8O2/c1-6-33-14(7-8-27-33)19(34)30-21(4,10-22(5,23)24)20(35)29-15-9-13(26)17(18(25)28-15)16-11(2)31-32-12(16)3/h7-9H,6,10H2,1-5H3,(H,30,34)(H,31,32)(H3,26,28,29,35)/t21-/m0/s1. The highest BCUT2D eigenvalue weighted by Crippen LogP contribution is 2.35. The van der Waals surface area contributed by atoms with E-state index in [4.69, 9.17) is 28.9 Å². The van der Waals surface area contributed by atoms with E-state index in [9.17, 15) is 9.59 Å². The van der Waals surface area contributed by atoms with Crippen LogP contribution < -0.4 is 16.4 Å². The summed E-state index contributed by atoms with van der Waals surface area (Å²) in [5.41, 5.74) is 6.57. The number of nitrogens with one attached hydrogen (secondary N) is 3. The molecule has 0 aromatic carbocycles. The maximum atomic E-state index is 15.0. The van der Waals surface area contributed by atoms with E-state index in [1.165, 1.54) is 36.9 Å². The molecule has 3 rings (SSSR count). The molecule has 0 saturated carbocycles. The number of aryl methyl sites for hydroxylation is 3. The molecule has 1 atom stereocenters. The minimum absolute atomic E-state index is 0.0533. The lowest BCUT2D eigenvalue weighted by Gasteiger charge is -2.33. The third-order valence-corrected chi connectivity index (χ3v) is 5.70. The summed E-state index contributed by atoms with van der Waals surface area (Å²) in [7, 11) is 0. The predicted octanol–water partition coefficient (Wildman–Crippen LogP) is 3.74. The van der Waals surface area contributed by atoms with Gasteiger partial charge in [-0.15, -0.1) is 23.2 Å². The number of carbonyl (C=O) groups excluding carboxylic acids is 2. The molecule has 0 unspecified atom stereocenters. The fraction of sp³-hybridized carbons (Fsp3) is 0.409. The molecule has 3 aromatic heterocycles. The van der Waals surface area contributed by atoms with Gasteiger partial charge < -0.3 is 16.4 Å². The number of carbonyl (C=O) groups is 2. The summed E-state index contributed by atoms with van der Waals surface area (Å²) in [6, 6.07) is 2.85. The predicted molar refractivity (Wildman–Crippen MR) is 133 cm³/mol. The summed E-state index contributed by atoms with van der Waals surface area (Å²) in [6.07, 6.45) is 1.31. The van der Waals surface area contributed by atoms with Gasteiger partial charge in [-0.2, -0.15) is 14.6 Å². The zero-order chi connectivity index (χ0) is 26.1. The van der Waals surface area contributed by atoms with Crippen LogP contribution in [-0.2, 0) is 11.3 Å². The molecule has 0 aliphatic carbocycles. The van der Waals surface area contributed by atoms with Crippen molar-refractivity contribution in [1.82, 2.24) is 30.3 Å². The Morgan fingerprint density at radius 1 is 1.26 bits per heavy atom. The highest BCUT2D eigenvalue weighted by molar-refractivity contribution is 6.48. The molecular formula is C22H27Cl2FN8O2. The highest BCUT2D eigenvalue weighted by Gasteiger charge is 2.41. The van der Waals surface area contributed by atoms with Crippen molar-refractivity contribution in [1.29, 1.82) is 0 Å². The van der Waals surface area contributed by atoms with E-state index in [1.54, 1.807) is 13.8 Å². The van der Waals surface area contributed by atoms with Crippen LogP contribution in [0.3, 0.4) is 0 Å². The first kappa shape index (κ1) is 26.4. The Balaban J connectivity index is 1.92. The third kappa shape index (κ3) is 5.73. The number of aromatic amines is 1. The van der Waals surface area contributed by atoms with Crippen molar-refractivity contribution < 1.29 is 14.0 Å². The number of nitrogens with two attached hydrogens (primary N) is 1. The second-order valence-corrected chi connectivity index (χ2v) is 10.5. The largest absolute Gasteiger partial charge is 0.398 e. The smallest absolute Gasteiger partial charge is 0.270 e. The molecule has 2 amide bonds. The van der Waals surface area contributed by atoms with Crippen LogP contribution in [0.1, 0.15) is 49.1 Å². The summed E-state index contributed by atoms with van der Waals surface area (Å²) in [5, 5.41) is 16.1. The molecular weight excluding hydrogens is 498 g/mol. The number of hydrogen-bond donors (Lipinski definition) is 4. The van der Waals surface area contributed by atoms with Crippen molar-refractivity contribution in [3.63, 3.8) is 0 Å². The number of H-pyrrole nitrogens is 1. The Hall–Kier alpha value is -3.18. The molecule has 0 radical (unpaired) electrons. The Labute approximate surface area is 211 Å². The Bertz CT molecular complexity index is 1220. The van der Waals surface area contributed by atoms with Crippen molar-refractivity contribution in [2.75, 3.05) is 11.1 Å². The van der Waals surface area contributed by atoms with Gasteiger partial charge >= 0.3 is 0 Å². The summed E-state index contributed by atoms with van der Waals surface area (Å²) in [5.74, 6) is -2.29. The van der Waals surface area contributed by atoms with Crippen LogP contribution in [-0.4, -0.2) is 46.6 Å². The minimum atomic E-state index is -1.60. The van der Waals surface area contributed by atoms with Crippen LogP contribution >= 0.6 is 23.2 Å². The van der Waals surface area contributed by atoms with Crippen molar-refractivity contribution in [3.8, 4) is 11.1 Å². The Morgan fingerprint density at radius 2 is 1.94 bits per heavy atom. The van der Waals surface area contributed by atoms with E-state index in [0.29, 0.717) is 23.5 Å². The molecule has 3 heterocycles. The van der Waals surface area contributed by atoms with E-state index in [2.05, 4.69) is 30.9 Å². The summed E-state index contributed by atoms with van der Waals surface area (Å²) >= 11 is 12.4. The topological polar surface area (TPSA) is 144 Å². The first-order valence-corrected chi connectivity index (χ1v) is 11.5. The van der Waals surface area contributed by atoms with Gasteiger partial charge in [-0.25, -0.2) is 4.98 Å². The lowest BCUT2D eigenvalue weighted by Crippen LogP contribution is -2.57. The van der Waals surface area contributed by atoms with Gasteiger partial charge in [-0.1, -0.05) is 0 Å². The number of amides is 2. The van der Waals surface area contributed by atoms with Crippen molar-refractivity contribution >= 4 is 46.5 Å². The van der Waals surface area contributed by atoms with Crippen LogP contribution in [0, 0.1) is 19.8 Å². The van der Waals surface area contributed by atoms with Gasteiger partial charge in [-0.05, 0) is 40.7 Å². The molecule has 0 aliphatic heterocycles. The molecule has 35 heavy (non-hydrogen) atoms. The third-order valence-electron chi connectivity index (χ3n) is 5.43. The average Bonchev–Trinajstić information content (AvgIpc) is 3.33. The molecule has 0 bridgehead atoms. The zero-order valence-corrected chi connectivity index (χ0v) is 21.5. The van der Waals surface area contributed by atoms with Gasteiger partial charge in [0.25, 0.3) is 11.8 Å². The van der Waals surface area contributed by atoms with Crippen LogP contribution in [0.25, 0.3) is 11.1 Å². The number of halogens is 3. The zero-order valence-electron chi connectivity index (χ0n) is 20.0. The quantitative estimate of drug-likeness (QED) is 0.261. The minimum Gasteiger partial charge on any atom is -0.398 e. The van der Waals surface area contributed by atoms with Crippen molar-refractivity contribution in [2.24, 2.45) is 0 Å². The number of nitrogen functional groups attached to an aromatic ring is 1. The summed E-state index contributed by atoms with van der Waals surface area (Å²) in [4.78, 5) is 30.1. The monoisotopic (exact) mass is 524 g/mol. The van der Waals surface area contributed by atoms with E-state index >= 15 is 4.39 Å². The van der Waals surface area contributed by atoms with Crippen molar-refractivity contribution in [2.45, 2.75) is 57.5 Å². The molecule has 0 aliphatic rings. The highest BCUT2D eigenvalue weighted by atomic mass is 35.5. The number of alkyl halides is 2. The van der Waals surface area contributed by atoms with E-state index in [0.717, 1.165) is 0 Å². The van der Waals surface area contributed by atoms with Crippen LogP contribution in [0.15, 0.2) is 18.3 Å². The van der Waals surface area contributed by atoms with Crippen LogP contribution in [0.4, 0.5) is 15.9 Å². The molecule has 0 fully saturated rings. The number of anilines is 2. The molecule has 0 spiro atoms. The maximum Gasteiger partial charge on any atom is 0.270 e. The fourth-order valence-corrected chi connectivity index (χ4v) is 4.45. The molecule has 5 N–H and O–H groups in total. The molecule has 3 aromatic rings. The SMILES string of the molecule is CCn1nccc1C(=O)N[C@@](C)(CC(C)(Cl)Cl)C(=O)Nc1cc(N)c(-c2c(C)n[nH]c2C)c(F)n1. The molecule has 13 heteroatoms. The number of nitrogens with zero attached hydrogens (tertiary/aromatic N) is 4. The summed E-state index contributed by atoms with van der Waals surface area (Å²) in [6.45, 7) is 8.67. The van der Waals surface area contributed by atoms with E-state index in [-0.39, 0.29) is 29.2 Å². The number of pyridine rings is 1. The normalized spacial score (nSPS) is 13.4. The summed E-state index contributed by atoms with van der Waals surface area (Å²) < 4.78 is 15.1. The van der Waals surface area contributed by atoms with E-state index in [1.807, 2.05) is 6.92 Å². The van der Waals surface area contributed by atoms with Gasteiger partial charge in [0.15, 0.2) is 0 Å². The number of aromatic nitrogens is 5. The molecule has 10 nitrogen and oxygen atoms in total. The lowest BCUT2D eigenvalue weighted by atomic mass is 9.93. The first-order chi connectivity index (χ1) is 16.3. The second kappa shape index (κ2) is 9.82. The first-order valence-electron chi connectivity index (χ1n) is 10.8. The number of rotatable bonds is 8. The van der Waals surface area contributed by atoms with Gasteiger partial charge in [0.1, 0.15) is 21.4 Å². The number of hydrogen-bond acceptors (Lipinski definition) is 6. The van der Waals surface area contributed by atoms with Crippen LogP contribution in [0.2, 0.25) is 0 Å². The van der Waals surface area contributed by atoms with Crippen molar-refractivity contribution in [3.05, 3.63) is 41.4 Å². The van der Waals surface area contributed by atoms with Gasteiger partial charge in [0.2, 0.25) is 5.95 Å². The molecule has 0 saturated heterocycles. The average molecular weight is 525 g/mol. The van der Waals surface area contributed by atoms with Gasteiger partial charge in [0, 0.05) is 42.2 Å². The Kier molecular flexibility index (Phi) is 7.42. The molecule has 188 valence electrons. The lowest BCUT2D eigenvalue weighted by molar-refractivity contribution is -0.121. The second-order valence-electron chi connectivity index (χ2n) is 8.59. The fourth-order valence-electron chi connectivity index (χ4n) is 3.91. The Morgan fingerprint density at radius 3 is 2.49 bits per heavy atom. The van der Waals surface area contributed by atoms with Gasteiger partial charge in [-0.3, -0.25) is 19.4 Å². The van der Waals surface area contributed by atoms with Crippen LogP contribution in [0.5, 0.6) is 0 Å².